The van der Waals surface area contributed by atoms with Crippen LogP contribution >= 0.6 is 0 Å². The molecule has 4 aromatic carbocycles. The van der Waals surface area contributed by atoms with Crippen LogP contribution in [-0.4, -0.2) is 140 Å². The van der Waals surface area contributed by atoms with Gasteiger partial charge in [-0.2, -0.15) is 0 Å². The molecule has 27 heteroatoms. The summed E-state index contributed by atoms with van der Waals surface area (Å²) in [5.41, 5.74) is 9.06. The first kappa shape index (κ1) is 85.3. The molecule has 5 rings (SSSR count). The lowest BCUT2D eigenvalue weighted by atomic mass is 9.77. The van der Waals surface area contributed by atoms with Gasteiger partial charge in [0, 0.05) is 31.5 Å². The molecule has 570 valence electrons. The zero-order valence-corrected chi connectivity index (χ0v) is 63.5. The van der Waals surface area contributed by atoms with Gasteiger partial charge in [-0.05, 0) is 149 Å². The zero-order chi connectivity index (χ0) is 77.2. The number of alkyl carbamates (subject to hydrolysis) is 1. The lowest BCUT2D eigenvalue weighted by Crippen LogP contribution is -2.60. The summed E-state index contributed by atoms with van der Waals surface area (Å²) >= 11 is 0. The molecule has 8 amide bonds. The van der Waals surface area contributed by atoms with Gasteiger partial charge < -0.3 is 68.2 Å². The minimum atomic E-state index is -4.36. The number of rotatable bonds is 41. The van der Waals surface area contributed by atoms with Crippen molar-refractivity contribution in [1.29, 1.82) is 5.41 Å². The number of nitrogens with two attached hydrogens (primary N) is 1. The van der Waals surface area contributed by atoms with Gasteiger partial charge in [0.2, 0.25) is 47.3 Å². The van der Waals surface area contributed by atoms with Crippen LogP contribution < -0.4 is 63.0 Å². The van der Waals surface area contributed by atoms with Crippen molar-refractivity contribution in [2.24, 2.45) is 29.4 Å². The van der Waals surface area contributed by atoms with Crippen LogP contribution in [-0.2, 0) is 65.1 Å². The highest BCUT2D eigenvalue weighted by molar-refractivity contribution is 7.90. The average Bonchev–Trinajstić information content (AvgIpc) is 1.05. The number of carbonyl (C=O) groups excluding carboxylic acids is 8. The summed E-state index contributed by atoms with van der Waals surface area (Å²) < 4.78 is 41.8. The monoisotopic (exact) mass is 1460 g/mol. The lowest BCUT2D eigenvalue weighted by Gasteiger charge is -2.37. The molecular weight excluding hydrogens is 1350 g/mol. The van der Waals surface area contributed by atoms with Gasteiger partial charge in [-0.25, -0.2) is 22.7 Å². The summed E-state index contributed by atoms with van der Waals surface area (Å²) in [7, 11) is -4.36. The number of carboxylic acid groups (broad SMARTS) is 1. The summed E-state index contributed by atoms with van der Waals surface area (Å²) in [5, 5.41) is 44.4. The normalized spacial score (nSPS) is 14.8. The third kappa shape index (κ3) is 24.9. The molecule has 0 saturated carbocycles. The van der Waals surface area contributed by atoms with E-state index in [9.17, 15) is 51.9 Å². The Balaban J connectivity index is 1.43. The number of carboxylic acids is 1. The van der Waals surface area contributed by atoms with Gasteiger partial charge in [0.1, 0.15) is 59.7 Å². The molecule has 26 nitrogen and oxygen atoms in total. The summed E-state index contributed by atoms with van der Waals surface area (Å²) in [4.78, 5) is 127. The van der Waals surface area contributed by atoms with Gasteiger partial charge in [0.05, 0.1) is 10.9 Å². The van der Waals surface area contributed by atoms with Crippen LogP contribution in [0.3, 0.4) is 0 Å². The van der Waals surface area contributed by atoms with Crippen LogP contribution in [0.4, 0.5) is 4.79 Å². The Morgan fingerprint density at radius 1 is 0.606 bits per heavy atom. The number of unbranched alkanes of at least 4 members (excludes halogenated alkanes) is 1. The first-order valence-electron chi connectivity index (χ1n) is 36.0. The number of fused-ring (bicyclic) bond motifs is 1. The van der Waals surface area contributed by atoms with Crippen molar-refractivity contribution in [3.63, 3.8) is 0 Å². The Bertz CT molecular complexity index is 3630. The predicted molar refractivity (Wildman–Crippen MR) is 399 cm³/mol. The number of sulfonamides is 1. The highest BCUT2D eigenvalue weighted by atomic mass is 32.2. The Morgan fingerprint density at radius 2 is 1.03 bits per heavy atom. The van der Waals surface area contributed by atoms with Crippen LogP contribution in [0.1, 0.15) is 179 Å². The zero-order valence-electron chi connectivity index (χ0n) is 62.6. The molecule has 0 aromatic heterocycles. The SMILES string of the molecule is C=CCOC(=O)NCCCC[C@H](NC(=O)[C@H](CC(C)C)NC(=O)[C@@H](N)[C@@H](C)CC)C(=O)N[C@@H](CCCNC(=N)NS(=O)(=O)c1c(C)c(C)c2c(c1C)CC(C)(C)O2)C(=O)N[C@@H](CC(C)C)C(=O)N[C@@H](CC(C)C)C(=O)N[C@@H](CCC(=O)NC(c1ccccc1)(c1ccccc1)c1ccccc1)C(=O)O. The van der Waals surface area contributed by atoms with E-state index < -0.39 is 123 Å². The maximum absolute atomic E-state index is 15.1. The maximum Gasteiger partial charge on any atom is 0.407 e. The number of benzene rings is 4. The minimum Gasteiger partial charge on any atom is -0.487 e. The Kier molecular flexibility index (Phi) is 32.8. The van der Waals surface area contributed by atoms with E-state index in [1.165, 1.54) is 6.08 Å². The van der Waals surface area contributed by atoms with Crippen molar-refractivity contribution in [2.75, 3.05) is 19.7 Å². The van der Waals surface area contributed by atoms with E-state index >= 15 is 4.79 Å². The third-order valence-electron chi connectivity index (χ3n) is 18.4. The number of amides is 8. The molecule has 104 heavy (non-hydrogen) atoms. The van der Waals surface area contributed by atoms with Crippen LogP contribution in [0, 0.1) is 49.9 Å². The molecule has 1 aliphatic heterocycles. The van der Waals surface area contributed by atoms with E-state index in [0.717, 1.165) is 22.3 Å². The van der Waals surface area contributed by atoms with Crippen molar-refractivity contribution in [3.8, 4) is 5.75 Å². The lowest BCUT2D eigenvalue weighted by molar-refractivity contribution is -0.143. The Morgan fingerprint density at radius 3 is 1.47 bits per heavy atom. The van der Waals surface area contributed by atoms with E-state index in [2.05, 4.69) is 59.2 Å². The number of hydrogen-bond donors (Lipinski definition) is 13. The fraction of sp³-hybridized carbons (Fsp3) is 0.532. The van der Waals surface area contributed by atoms with Crippen molar-refractivity contribution in [2.45, 2.75) is 225 Å². The third-order valence-corrected chi connectivity index (χ3v) is 20.0. The van der Waals surface area contributed by atoms with E-state index in [1.807, 2.05) is 126 Å². The van der Waals surface area contributed by atoms with Crippen molar-refractivity contribution >= 4 is 69.4 Å². The largest absolute Gasteiger partial charge is 0.487 e. The number of ether oxygens (including phenoxy) is 2. The van der Waals surface area contributed by atoms with Gasteiger partial charge in [0.15, 0.2) is 0 Å². The quantitative estimate of drug-likeness (QED) is 0.00677. The van der Waals surface area contributed by atoms with E-state index in [0.29, 0.717) is 35.3 Å². The van der Waals surface area contributed by atoms with Crippen molar-refractivity contribution < 1.29 is 66.1 Å². The summed E-state index contributed by atoms with van der Waals surface area (Å²) in [6.45, 7) is 27.0. The molecule has 0 fully saturated rings. The summed E-state index contributed by atoms with van der Waals surface area (Å²) in [6.07, 6.45) is 1.40. The van der Waals surface area contributed by atoms with Gasteiger partial charge in [-0.3, -0.25) is 39.0 Å². The highest BCUT2D eigenvalue weighted by Gasteiger charge is 2.41. The van der Waals surface area contributed by atoms with E-state index in [4.69, 9.17) is 20.6 Å². The molecule has 0 saturated heterocycles. The van der Waals surface area contributed by atoms with Crippen LogP contribution in [0.5, 0.6) is 5.75 Å². The van der Waals surface area contributed by atoms with Crippen LogP contribution in [0.2, 0.25) is 0 Å². The molecule has 0 bridgehead atoms. The van der Waals surface area contributed by atoms with Crippen molar-refractivity contribution in [3.05, 3.63) is 143 Å². The van der Waals surface area contributed by atoms with E-state index in [1.54, 1.807) is 55.4 Å². The summed E-state index contributed by atoms with van der Waals surface area (Å²) in [6, 6.07) is 18.7. The predicted octanol–water partition coefficient (Wildman–Crippen LogP) is 7.38. The molecule has 8 atom stereocenters. The van der Waals surface area contributed by atoms with Crippen molar-refractivity contribution in [1.82, 2.24) is 52.6 Å². The molecule has 0 unspecified atom stereocenters. The van der Waals surface area contributed by atoms with E-state index in [-0.39, 0.29) is 112 Å². The second-order valence-electron chi connectivity index (χ2n) is 28.8. The molecular formula is C77H112N12O14S. The number of aliphatic carboxylic acids is 1. The number of hydrogen-bond acceptors (Lipinski definition) is 15. The standard InChI is InChI=1S/C77H112N12O14S/c1-15-41-102-75(99)81-39-27-26-35-57(83-69(93)62(44-48(7)8)87-72(96)64(78)49(9)16-2)67(91)82-58(36-28-40-80-74(79)89-104(100,101)66-51(11)50(10)65-56(52(66)12)45-76(13,14)103-65)68(92)85-61(43-47(5)6)71(95)86-60(42-46(3)4)70(94)84-59(73(97)98)37-38-63(90)88-77(53-29-20-17-21-30-53,54-31-22-18-23-32-54)55-33-24-19-25-34-55/h15,17-25,29-34,46-49,57-62,64H,1,16,26-28,35-45,78H2,2-14H3,(H,81,99)(H,82,91)(H,83,93)(H,84,94)(H,85,92)(H,86,95)(H,87,96)(H,88,90)(H,97,98)(H3,79,80,89)/t49-,57-,58-,59-,60-,61-,62-,64-/m0/s1. The number of carbonyl (C=O) groups is 9. The van der Waals surface area contributed by atoms with Gasteiger partial charge in [-0.15, -0.1) is 0 Å². The fourth-order valence-corrected chi connectivity index (χ4v) is 14.1. The van der Waals surface area contributed by atoms with Gasteiger partial charge >= 0.3 is 12.1 Å². The molecule has 0 aliphatic carbocycles. The minimum absolute atomic E-state index is 0.00409. The first-order valence-corrected chi connectivity index (χ1v) is 37.5. The second-order valence-corrected chi connectivity index (χ2v) is 30.5. The fourth-order valence-electron chi connectivity index (χ4n) is 12.6. The second kappa shape index (κ2) is 40.1. The molecule has 1 aliphatic rings. The summed E-state index contributed by atoms with van der Waals surface area (Å²) in [5.74, 6) is -7.57. The van der Waals surface area contributed by atoms with Gasteiger partial charge in [-0.1, -0.05) is 165 Å². The smallest absolute Gasteiger partial charge is 0.407 e. The highest BCUT2D eigenvalue weighted by Crippen LogP contribution is 2.44. The molecule has 14 N–H and O–H groups in total. The maximum atomic E-state index is 15.1. The van der Waals surface area contributed by atoms with Gasteiger partial charge in [0.25, 0.3) is 10.0 Å². The molecule has 0 radical (unpaired) electrons. The molecule has 1 heterocycles. The first-order chi connectivity index (χ1) is 49.0. The van der Waals surface area contributed by atoms with Crippen LogP contribution in [0.25, 0.3) is 0 Å². The Hall–Kier alpha value is -9.37. The molecule has 0 spiro atoms. The topological polar surface area (TPSA) is 397 Å². The molecule has 4 aromatic rings. The van der Waals surface area contributed by atoms with Crippen LogP contribution in [0.15, 0.2) is 109 Å². The number of nitrogens with one attached hydrogen (secondary N) is 11. The Labute approximate surface area is 613 Å². The number of guanidine groups is 1. The average molecular weight is 1460 g/mol.